The van der Waals surface area contributed by atoms with Crippen molar-refractivity contribution in [1.29, 1.82) is 0 Å². The molecule has 144 valence electrons. The molecule has 0 spiro atoms. The summed E-state index contributed by atoms with van der Waals surface area (Å²) in [4.78, 5) is 26.9. The number of β-amino-alcohol motifs (C(OH)–C–C–N with tert-alkyl or cyclic N) is 1. The highest BCUT2D eigenvalue weighted by Gasteiger charge is 2.32. The molecule has 1 N–H and O–H groups in total. The Morgan fingerprint density at radius 1 is 1.07 bits per heavy atom. The number of aryl methyl sites for hydroxylation is 1. The molecule has 1 aliphatic heterocycles. The van der Waals surface area contributed by atoms with E-state index >= 15 is 0 Å². The van der Waals surface area contributed by atoms with E-state index in [-0.39, 0.29) is 29.5 Å². The molecule has 2 heterocycles. The number of aliphatic hydroxyl groups excluding tert-OH is 1. The summed E-state index contributed by atoms with van der Waals surface area (Å²) in [7, 11) is 1.66. The minimum Gasteiger partial charge on any atom is -0.391 e. The zero-order valence-corrected chi connectivity index (χ0v) is 16.1. The van der Waals surface area contributed by atoms with Gasteiger partial charge in [-0.3, -0.25) is 9.59 Å². The molecule has 1 aliphatic rings. The number of aromatic nitrogens is 1. The number of amides is 1. The van der Waals surface area contributed by atoms with Crippen molar-refractivity contribution >= 4 is 16.7 Å². The van der Waals surface area contributed by atoms with E-state index in [4.69, 9.17) is 0 Å². The van der Waals surface area contributed by atoms with Crippen molar-refractivity contribution < 1.29 is 9.90 Å². The Bertz CT molecular complexity index is 1100. The van der Waals surface area contributed by atoms with Crippen molar-refractivity contribution in [2.24, 2.45) is 7.05 Å². The highest BCUT2D eigenvalue weighted by Crippen LogP contribution is 2.31. The SMILES string of the molecule is Cc1ccc(C(=O)N2CC[C@H](c3ccc4ccccc4c3)[C@@H](O)C2)c(=O)n1C. The Hall–Kier alpha value is -2.92. The highest BCUT2D eigenvalue weighted by molar-refractivity contribution is 5.94. The maximum Gasteiger partial charge on any atom is 0.263 e. The molecular formula is C23H24N2O3. The average Bonchev–Trinajstić information content (AvgIpc) is 2.71. The molecule has 1 fully saturated rings. The number of piperidine rings is 1. The molecule has 3 aromatic rings. The van der Waals surface area contributed by atoms with E-state index in [1.165, 1.54) is 9.95 Å². The van der Waals surface area contributed by atoms with Gasteiger partial charge in [-0.15, -0.1) is 0 Å². The molecule has 1 saturated heterocycles. The van der Waals surface area contributed by atoms with E-state index in [2.05, 4.69) is 30.3 Å². The molecule has 0 unspecified atom stereocenters. The second kappa shape index (κ2) is 7.24. The number of pyridine rings is 1. The molecule has 4 rings (SSSR count). The van der Waals surface area contributed by atoms with Crippen LogP contribution in [0.5, 0.6) is 0 Å². The van der Waals surface area contributed by atoms with E-state index in [1.54, 1.807) is 24.1 Å². The summed E-state index contributed by atoms with van der Waals surface area (Å²) < 4.78 is 1.48. The molecule has 28 heavy (non-hydrogen) atoms. The first-order valence-corrected chi connectivity index (χ1v) is 9.58. The van der Waals surface area contributed by atoms with Gasteiger partial charge in [0.1, 0.15) is 5.56 Å². The topological polar surface area (TPSA) is 62.5 Å². The molecular weight excluding hydrogens is 352 g/mol. The third-order valence-electron chi connectivity index (χ3n) is 5.86. The van der Waals surface area contributed by atoms with Gasteiger partial charge >= 0.3 is 0 Å². The molecule has 2 atom stereocenters. The molecule has 1 aromatic heterocycles. The lowest BCUT2D eigenvalue weighted by Gasteiger charge is -2.36. The van der Waals surface area contributed by atoms with Gasteiger partial charge in [0.25, 0.3) is 11.5 Å². The van der Waals surface area contributed by atoms with Gasteiger partial charge in [0.15, 0.2) is 0 Å². The molecule has 0 bridgehead atoms. The maximum atomic E-state index is 12.8. The van der Waals surface area contributed by atoms with Crippen LogP contribution in [0.15, 0.2) is 59.4 Å². The standard InChI is InChI=1S/C23H24N2O3/c1-15-7-10-20(22(27)24(15)2)23(28)25-12-11-19(21(26)14-25)18-9-8-16-5-3-4-6-17(16)13-18/h3-10,13,19,21,26H,11-12,14H2,1-2H3/t19-,21+/m1/s1. The van der Waals surface area contributed by atoms with Crippen molar-refractivity contribution in [3.05, 3.63) is 81.8 Å². The summed E-state index contributed by atoms with van der Waals surface area (Å²) in [5, 5.41) is 13.1. The molecule has 0 aliphatic carbocycles. The van der Waals surface area contributed by atoms with Crippen molar-refractivity contribution in [3.8, 4) is 0 Å². The van der Waals surface area contributed by atoms with E-state index in [1.807, 2.05) is 19.1 Å². The quantitative estimate of drug-likeness (QED) is 0.748. The highest BCUT2D eigenvalue weighted by atomic mass is 16.3. The Morgan fingerprint density at radius 2 is 1.82 bits per heavy atom. The van der Waals surface area contributed by atoms with Crippen LogP contribution in [0.2, 0.25) is 0 Å². The van der Waals surface area contributed by atoms with Crippen LogP contribution in [-0.4, -0.2) is 39.7 Å². The minimum atomic E-state index is -0.659. The fraction of sp³-hybridized carbons (Fsp3) is 0.304. The fourth-order valence-electron chi connectivity index (χ4n) is 4.00. The lowest BCUT2D eigenvalue weighted by Crippen LogP contribution is -2.47. The number of carbonyl (C=O) groups is 1. The number of benzene rings is 2. The Morgan fingerprint density at radius 3 is 2.57 bits per heavy atom. The van der Waals surface area contributed by atoms with Crippen LogP contribution >= 0.6 is 0 Å². The summed E-state index contributed by atoms with van der Waals surface area (Å²) in [6.45, 7) is 2.58. The van der Waals surface area contributed by atoms with Gasteiger partial charge in [0.2, 0.25) is 0 Å². The fourth-order valence-corrected chi connectivity index (χ4v) is 4.00. The zero-order valence-electron chi connectivity index (χ0n) is 16.1. The van der Waals surface area contributed by atoms with Crippen LogP contribution in [0.3, 0.4) is 0 Å². The van der Waals surface area contributed by atoms with Gasteiger partial charge in [-0.1, -0.05) is 42.5 Å². The van der Waals surface area contributed by atoms with Gasteiger partial charge < -0.3 is 14.6 Å². The largest absolute Gasteiger partial charge is 0.391 e. The average molecular weight is 376 g/mol. The van der Waals surface area contributed by atoms with Gasteiger partial charge in [-0.2, -0.15) is 0 Å². The van der Waals surface area contributed by atoms with E-state index < -0.39 is 6.10 Å². The summed E-state index contributed by atoms with van der Waals surface area (Å²) in [6.07, 6.45) is 0.00500. The second-order valence-electron chi connectivity index (χ2n) is 7.57. The Labute approximate surface area is 163 Å². The van der Waals surface area contributed by atoms with Gasteiger partial charge in [-0.05, 0) is 41.8 Å². The van der Waals surface area contributed by atoms with E-state index in [9.17, 15) is 14.7 Å². The number of fused-ring (bicyclic) bond motifs is 1. The monoisotopic (exact) mass is 376 g/mol. The first-order valence-electron chi connectivity index (χ1n) is 9.58. The van der Waals surface area contributed by atoms with Crippen LogP contribution in [-0.2, 0) is 7.05 Å². The predicted octanol–water partition coefficient (Wildman–Crippen LogP) is 2.84. The summed E-state index contributed by atoms with van der Waals surface area (Å²) >= 11 is 0. The van der Waals surface area contributed by atoms with E-state index in [0.717, 1.165) is 16.6 Å². The minimum absolute atomic E-state index is 0.0190. The molecule has 5 nitrogen and oxygen atoms in total. The van der Waals surface area contributed by atoms with Crippen molar-refractivity contribution in [2.75, 3.05) is 13.1 Å². The molecule has 2 aromatic carbocycles. The smallest absolute Gasteiger partial charge is 0.263 e. The number of hydrogen-bond donors (Lipinski definition) is 1. The van der Waals surface area contributed by atoms with Crippen molar-refractivity contribution in [1.82, 2.24) is 9.47 Å². The first kappa shape index (κ1) is 18.4. The number of carbonyl (C=O) groups excluding carboxylic acids is 1. The summed E-state index contributed by atoms with van der Waals surface area (Å²) in [5.41, 5.74) is 1.75. The lowest BCUT2D eigenvalue weighted by molar-refractivity contribution is 0.0380. The normalized spacial score (nSPS) is 19.8. The lowest BCUT2D eigenvalue weighted by atomic mass is 9.86. The third kappa shape index (κ3) is 3.22. The van der Waals surface area contributed by atoms with Crippen molar-refractivity contribution in [3.63, 3.8) is 0 Å². The molecule has 5 heteroatoms. The van der Waals surface area contributed by atoms with E-state index in [0.29, 0.717) is 13.0 Å². The van der Waals surface area contributed by atoms with Crippen LogP contribution in [0.4, 0.5) is 0 Å². The predicted molar refractivity (Wildman–Crippen MR) is 110 cm³/mol. The van der Waals surface area contributed by atoms with Gasteiger partial charge in [-0.25, -0.2) is 0 Å². The summed E-state index contributed by atoms with van der Waals surface area (Å²) in [6, 6.07) is 17.8. The Balaban J connectivity index is 1.54. The van der Waals surface area contributed by atoms with Crippen LogP contribution < -0.4 is 5.56 Å². The van der Waals surface area contributed by atoms with Crippen LogP contribution in [0.25, 0.3) is 10.8 Å². The van der Waals surface area contributed by atoms with Crippen LogP contribution in [0.1, 0.15) is 34.0 Å². The number of nitrogens with zero attached hydrogens (tertiary/aromatic N) is 2. The number of aliphatic hydroxyl groups is 1. The molecule has 1 amide bonds. The Kier molecular flexibility index (Phi) is 4.77. The van der Waals surface area contributed by atoms with Crippen molar-refractivity contribution in [2.45, 2.75) is 25.4 Å². The van der Waals surface area contributed by atoms with Crippen LogP contribution in [0, 0.1) is 6.92 Å². The third-order valence-corrected chi connectivity index (χ3v) is 5.86. The number of rotatable bonds is 2. The molecule has 0 saturated carbocycles. The summed E-state index contributed by atoms with van der Waals surface area (Å²) in [5.74, 6) is -0.328. The second-order valence-corrected chi connectivity index (χ2v) is 7.57. The number of likely N-dealkylation sites (tertiary alicyclic amines) is 1. The maximum absolute atomic E-state index is 12.8. The number of hydrogen-bond acceptors (Lipinski definition) is 3. The van der Waals surface area contributed by atoms with Gasteiger partial charge in [0.05, 0.1) is 6.10 Å². The zero-order chi connectivity index (χ0) is 19.8. The van der Waals surface area contributed by atoms with Gasteiger partial charge in [0, 0.05) is 31.7 Å². The molecule has 0 radical (unpaired) electrons. The first-order chi connectivity index (χ1) is 13.5.